The van der Waals surface area contributed by atoms with E-state index in [1.165, 1.54) is 23.9 Å². The summed E-state index contributed by atoms with van der Waals surface area (Å²) in [5.41, 5.74) is 1.03. The van der Waals surface area contributed by atoms with E-state index in [0.29, 0.717) is 10.6 Å². The van der Waals surface area contributed by atoms with Crippen molar-refractivity contribution in [2.45, 2.75) is 10.6 Å². The maximum Gasteiger partial charge on any atom is 0.336 e. The van der Waals surface area contributed by atoms with Crippen molar-refractivity contribution >= 4 is 17.7 Å². The lowest BCUT2D eigenvalue weighted by molar-refractivity contribution is 0.0692. The van der Waals surface area contributed by atoms with Crippen LogP contribution in [0.2, 0.25) is 0 Å². The van der Waals surface area contributed by atoms with Crippen LogP contribution in [-0.2, 0) is 5.75 Å². The summed E-state index contributed by atoms with van der Waals surface area (Å²) in [7, 11) is 0. The molecule has 0 aliphatic heterocycles. The minimum atomic E-state index is -1.12. The van der Waals surface area contributed by atoms with Gasteiger partial charge in [-0.2, -0.15) is 0 Å². The topological polar surface area (TPSA) is 50.2 Å². The molecular weight excluding hydrogens is 253 g/mol. The summed E-state index contributed by atoms with van der Waals surface area (Å²) < 4.78 is 13.0. The number of aromatic nitrogens is 1. The lowest BCUT2D eigenvalue weighted by atomic mass is 10.2. The number of rotatable bonds is 4. The summed E-state index contributed by atoms with van der Waals surface area (Å²) in [4.78, 5) is 15.5. The van der Waals surface area contributed by atoms with E-state index in [1.54, 1.807) is 12.4 Å². The Bertz CT molecular complexity index is 560. The monoisotopic (exact) mass is 263 g/mol. The Morgan fingerprint density at radius 2 is 2.00 bits per heavy atom. The molecule has 0 aliphatic carbocycles. The molecule has 3 nitrogen and oxygen atoms in total. The Labute approximate surface area is 108 Å². The molecule has 2 rings (SSSR count). The van der Waals surface area contributed by atoms with E-state index < -0.39 is 11.8 Å². The van der Waals surface area contributed by atoms with Gasteiger partial charge in [0.15, 0.2) is 0 Å². The van der Waals surface area contributed by atoms with Gasteiger partial charge in [-0.05, 0) is 35.9 Å². The van der Waals surface area contributed by atoms with E-state index in [2.05, 4.69) is 4.98 Å². The summed E-state index contributed by atoms with van der Waals surface area (Å²) in [5, 5.41) is 9.00. The Morgan fingerprint density at radius 3 is 2.67 bits per heavy atom. The van der Waals surface area contributed by atoms with Crippen LogP contribution in [0.3, 0.4) is 0 Å². The first-order chi connectivity index (χ1) is 8.66. The van der Waals surface area contributed by atoms with Crippen LogP contribution in [0.15, 0.2) is 47.6 Å². The molecule has 0 unspecified atom stereocenters. The quantitative estimate of drug-likeness (QED) is 0.860. The molecule has 0 saturated carbocycles. The van der Waals surface area contributed by atoms with E-state index in [1.807, 2.05) is 12.1 Å². The van der Waals surface area contributed by atoms with Crippen LogP contribution in [0, 0.1) is 5.82 Å². The van der Waals surface area contributed by atoms with Gasteiger partial charge in [0.05, 0.1) is 5.56 Å². The van der Waals surface area contributed by atoms with Crippen LogP contribution >= 0.6 is 11.8 Å². The maximum atomic E-state index is 13.0. The standard InChI is InChI=1S/C13H10FNO2S/c14-10-1-2-12(11(7-10)13(16)17)18-8-9-3-5-15-6-4-9/h1-7H,8H2,(H,16,17). The smallest absolute Gasteiger partial charge is 0.336 e. The van der Waals surface area contributed by atoms with Gasteiger partial charge in [-0.1, -0.05) is 0 Å². The summed E-state index contributed by atoms with van der Waals surface area (Å²) in [6.07, 6.45) is 3.36. The minimum Gasteiger partial charge on any atom is -0.478 e. The second kappa shape index (κ2) is 5.64. The van der Waals surface area contributed by atoms with Crippen molar-refractivity contribution in [2.75, 3.05) is 0 Å². The van der Waals surface area contributed by atoms with Crippen molar-refractivity contribution in [3.05, 3.63) is 59.7 Å². The van der Waals surface area contributed by atoms with Gasteiger partial charge in [-0.25, -0.2) is 9.18 Å². The number of carboxylic acids is 1. The van der Waals surface area contributed by atoms with Gasteiger partial charge in [0.2, 0.25) is 0 Å². The molecule has 0 spiro atoms. The van der Waals surface area contributed by atoms with E-state index >= 15 is 0 Å². The average molecular weight is 263 g/mol. The molecule has 0 fully saturated rings. The number of carbonyl (C=O) groups is 1. The summed E-state index contributed by atoms with van der Waals surface area (Å²) >= 11 is 1.36. The van der Waals surface area contributed by atoms with Crippen molar-refractivity contribution in [1.29, 1.82) is 0 Å². The van der Waals surface area contributed by atoms with Gasteiger partial charge in [-0.3, -0.25) is 4.98 Å². The van der Waals surface area contributed by atoms with Crippen molar-refractivity contribution < 1.29 is 14.3 Å². The van der Waals surface area contributed by atoms with Gasteiger partial charge < -0.3 is 5.11 Å². The number of hydrogen-bond donors (Lipinski definition) is 1. The zero-order chi connectivity index (χ0) is 13.0. The molecule has 0 radical (unpaired) electrons. The lowest BCUT2D eigenvalue weighted by Gasteiger charge is -2.05. The molecule has 0 saturated heterocycles. The molecular formula is C13H10FNO2S. The number of aromatic carboxylic acids is 1. The molecule has 0 aliphatic rings. The average Bonchev–Trinajstić information content (AvgIpc) is 2.38. The van der Waals surface area contributed by atoms with E-state index in [0.717, 1.165) is 11.6 Å². The number of halogens is 1. The van der Waals surface area contributed by atoms with Crippen LogP contribution in [-0.4, -0.2) is 16.1 Å². The van der Waals surface area contributed by atoms with Crippen molar-refractivity contribution in [1.82, 2.24) is 4.98 Å². The third-order valence-electron chi connectivity index (χ3n) is 2.32. The fourth-order valence-electron chi connectivity index (χ4n) is 1.44. The zero-order valence-electron chi connectivity index (χ0n) is 9.34. The third-order valence-corrected chi connectivity index (χ3v) is 3.46. The molecule has 92 valence electrons. The molecule has 18 heavy (non-hydrogen) atoms. The van der Waals surface area contributed by atoms with Gasteiger partial charge >= 0.3 is 5.97 Å². The van der Waals surface area contributed by atoms with Gasteiger partial charge in [0.25, 0.3) is 0 Å². The molecule has 1 heterocycles. The van der Waals surface area contributed by atoms with E-state index in [9.17, 15) is 9.18 Å². The summed E-state index contributed by atoms with van der Waals surface area (Å²) in [6.45, 7) is 0. The van der Waals surface area contributed by atoms with Crippen LogP contribution in [0.25, 0.3) is 0 Å². The number of nitrogens with zero attached hydrogens (tertiary/aromatic N) is 1. The SMILES string of the molecule is O=C(O)c1cc(F)ccc1SCc1ccncc1. The Balaban J connectivity index is 2.17. The molecule has 1 N–H and O–H groups in total. The van der Waals surface area contributed by atoms with Crippen LogP contribution in [0.5, 0.6) is 0 Å². The fourth-order valence-corrected chi connectivity index (χ4v) is 2.42. The largest absolute Gasteiger partial charge is 0.478 e. The van der Waals surface area contributed by atoms with Gasteiger partial charge in [0, 0.05) is 23.0 Å². The summed E-state index contributed by atoms with van der Waals surface area (Å²) in [5.74, 6) is -1.04. The van der Waals surface area contributed by atoms with Crippen LogP contribution < -0.4 is 0 Å². The Hall–Kier alpha value is -1.88. The highest BCUT2D eigenvalue weighted by molar-refractivity contribution is 7.98. The highest BCUT2D eigenvalue weighted by Crippen LogP contribution is 2.26. The van der Waals surface area contributed by atoms with Gasteiger partial charge in [0.1, 0.15) is 5.82 Å². The molecule has 0 atom stereocenters. The van der Waals surface area contributed by atoms with Gasteiger partial charge in [-0.15, -0.1) is 11.8 Å². The zero-order valence-corrected chi connectivity index (χ0v) is 10.2. The maximum absolute atomic E-state index is 13.0. The van der Waals surface area contributed by atoms with E-state index in [4.69, 9.17) is 5.11 Å². The number of carboxylic acid groups (broad SMARTS) is 1. The highest BCUT2D eigenvalue weighted by atomic mass is 32.2. The fraction of sp³-hybridized carbons (Fsp3) is 0.0769. The first kappa shape index (κ1) is 12.6. The van der Waals surface area contributed by atoms with Crippen LogP contribution in [0.4, 0.5) is 4.39 Å². The molecule has 1 aromatic carbocycles. The second-order valence-electron chi connectivity index (χ2n) is 3.59. The molecule has 0 bridgehead atoms. The molecule has 5 heteroatoms. The Morgan fingerprint density at radius 1 is 1.28 bits per heavy atom. The van der Waals surface area contributed by atoms with Crippen molar-refractivity contribution in [2.24, 2.45) is 0 Å². The first-order valence-corrected chi connectivity index (χ1v) is 6.20. The predicted molar refractivity (Wildman–Crippen MR) is 67.2 cm³/mol. The van der Waals surface area contributed by atoms with Crippen LogP contribution in [0.1, 0.15) is 15.9 Å². The molecule has 1 aromatic heterocycles. The highest BCUT2D eigenvalue weighted by Gasteiger charge is 2.11. The molecule has 2 aromatic rings. The van der Waals surface area contributed by atoms with E-state index in [-0.39, 0.29) is 5.56 Å². The summed E-state index contributed by atoms with van der Waals surface area (Å²) in [6, 6.07) is 7.51. The third kappa shape index (κ3) is 3.07. The number of pyridine rings is 1. The second-order valence-corrected chi connectivity index (χ2v) is 4.61. The first-order valence-electron chi connectivity index (χ1n) is 5.21. The minimum absolute atomic E-state index is 0.00550. The van der Waals surface area contributed by atoms with Crippen molar-refractivity contribution in [3.63, 3.8) is 0 Å². The molecule has 0 amide bonds. The number of thioether (sulfide) groups is 1. The van der Waals surface area contributed by atoms with Crippen molar-refractivity contribution in [3.8, 4) is 0 Å². The number of benzene rings is 1. The predicted octanol–water partition coefficient (Wildman–Crippen LogP) is 3.21. The normalized spacial score (nSPS) is 10.3. The number of hydrogen-bond acceptors (Lipinski definition) is 3. The Kier molecular flexibility index (Phi) is 3.94. The lowest BCUT2D eigenvalue weighted by Crippen LogP contribution is -1.99.